The van der Waals surface area contributed by atoms with Crippen LogP contribution in [0.3, 0.4) is 0 Å². The van der Waals surface area contributed by atoms with Gasteiger partial charge in [-0.05, 0) is 61.4 Å². The molecular weight excluding hydrogens is 533 g/mol. The molecule has 0 saturated carbocycles. The zero-order chi connectivity index (χ0) is 27.0. The van der Waals surface area contributed by atoms with E-state index in [0.717, 1.165) is 9.87 Å². The second-order valence-corrected chi connectivity index (χ2v) is 11.0. The SMILES string of the molecule is CCNC(=O)[C@H](CC)N(Cc1ccc(Cl)cc1)C(=O)CN(c1cccc(Cl)c1)S(=O)(=O)c1ccccc1. The summed E-state index contributed by atoms with van der Waals surface area (Å²) in [4.78, 5) is 28.2. The maximum atomic E-state index is 13.9. The van der Waals surface area contributed by atoms with Gasteiger partial charge < -0.3 is 10.2 Å². The fourth-order valence-corrected chi connectivity index (χ4v) is 5.62. The van der Waals surface area contributed by atoms with Crippen molar-refractivity contribution in [1.82, 2.24) is 10.2 Å². The van der Waals surface area contributed by atoms with Crippen LogP contribution in [-0.4, -0.2) is 44.3 Å². The van der Waals surface area contributed by atoms with Crippen LogP contribution in [0.15, 0.2) is 83.8 Å². The standard InChI is InChI=1S/C27H29Cl2N3O4S/c1-3-25(27(34)30-4-2)31(18-20-13-15-21(28)16-14-20)26(33)19-32(23-10-8-9-22(29)17-23)37(35,36)24-11-6-5-7-12-24/h5-17,25H,3-4,18-19H2,1-2H3,(H,30,34)/t25-/m0/s1. The molecule has 7 nitrogen and oxygen atoms in total. The van der Waals surface area contributed by atoms with Crippen LogP contribution in [0.4, 0.5) is 5.69 Å². The Hall–Kier alpha value is -3.07. The highest BCUT2D eigenvalue weighted by atomic mass is 35.5. The van der Waals surface area contributed by atoms with Gasteiger partial charge in [-0.1, -0.05) is 66.5 Å². The van der Waals surface area contributed by atoms with Crippen molar-refractivity contribution in [2.45, 2.75) is 37.8 Å². The minimum atomic E-state index is -4.13. The first-order chi connectivity index (χ1) is 17.7. The van der Waals surface area contributed by atoms with E-state index in [9.17, 15) is 18.0 Å². The monoisotopic (exact) mass is 561 g/mol. The first-order valence-corrected chi connectivity index (χ1v) is 14.0. The molecule has 0 aliphatic carbocycles. The van der Waals surface area contributed by atoms with Crippen LogP contribution in [0.1, 0.15) is 25.8 Å². The number of rotatable bonds is 11. The average molecular weight is 563 g/mol. The third-order valence-corrected chi connectivity index (χ3v) is 7.98. The Morgan fingerprint density at radius 2 is 1.57 bits per heavy atom. The summed E-state index contributed by atoms with van der Waals surface area (Å²) < 4.78 is 28.4. The van der Waals surface area contributed by atoms with Gasteiger partial charge in [0.15, 0.2) is 0 Å². The van der Waals surface area contributed by atoms with Crippen molar-refractivity contribution < 1.29 is 18.0 Å². The molecule has 0 heterocycles. The summed E-state index contributed by atoms with van der Waals surface area (Å²) >= 11 is 12.2. The number of benzene rings is 3. The normalized spacial score (nSPS) is 12.0. The summed E-state index contributed by atoms with van der Waals surface area (Å²) in [6.45, 7) is 3.57. The van der Waals surface area contributed by atoms with Crippen LogP contribution < -0.4 is 9.62 Å². The van der Waals surface area contributed by atoms with Gasteiger partial charge in [0.25, 0.3) is 10.0 Å². The maximum absolute atomic E-state index is 13.9. The fraction of sp³-hybridized carbons (Fsp3) is 0.259. The number of carbonyl (C=O) groups excluding carboxylic acids is 2. The lowest BCUT2D eigenvalue weighted by Crippen LogP contribution is -2.52. The predicted molar refractivity (Wildman–Crippen MR) is 147 cm³/mol. The molecule has 0 spiro atoms. The second kappa shape index (κ2) is 12.9. The number of nitrogens with one attached hydrogen (secondary N) is 1. The van der Waals surface area contributed by atoms with E-state index in [2.05, 4.69) is 5.32 Å². The van der Waals surface area contributed by atoms with Crippen molar-refractivity contribution in [3.8, 4) is 0 Å². The van der Waals surface area contributed by atoms with E-state index in [0.29, 0.717) is 23.0 Å². The zero-order valence-electron chi connectivity index (χ0n) is 20.6. The van der Waals surface area contributed by atoms with Crippen molar-refractivity contribution >= 4 is 50.7 Å². The van der Waals surface area contributed by atoms with E-state index in [1.807, 2.05) is 0 Å². The molecule has 2 amide bonds. The smallest absolute Gasteiger partial charge is 0.264 e. The molecule has 0 aliphatic heterocycles. The summed E-state index contributed by atoms with van der Waals surface area (Å²) in [6.07, 6.45) is 0.341. The van der Waals surface area contributed by atoms with Crippen molar-refractivity contribution in [3.63, 3.8) is 0 Å². The molecule has 1 N–H and O–H groups in total. The Morgan fingerprint density at radius 1 is 0.892 bits per heavy atom. The van der Waals surface area contributed by atoms with Crippen molar-refractivity contribution in [1.29, 1.82) is 0 Å². The summed E-state index contributed by atoms with van der Waals surface area (Å²) in [7, 11) is -4.13. The van der Waals surface area contributed by atoms with Crippen LogP contribution in [-0.2, 0) is 26.2 Å². The molecule has 0 unspecified atom stereocenters. The van der Waals surface area contributed by atoms with E-state index in [4.69, 9.17) is 23.2 Å². The van der Waals surface area contributed by atoms with Crippen LogP contribution >= 0.6 is 23.2 Å². The molecule has 0 saturated heterocycles. The third-order valence-electron chi connectivity index (χ3n) is 5.71. The highest BCUT2D eigenvalue weighted by molar-refractivity contribution is 7.92. The number of likely N-dealkylation sites (N-methyl/N-ethyl adjacent to an activating group) is 1. The minimum absolute atomic E-state index is 0.0304. The van der Waals surface area contributed by atoms with Crippen molar-refractivity contribution in [2.24, 2.45) is 0 Å². The summed E-state index contributed by atoms with van der Waals surface area (Å²) in [5.41, 5.74) is 0.989. The molecule has 37 heavy (non-hydrogen) atoms. The Labute approximate surface area is 228 Å². The van der Waals surface area contributed by atoms with E-state index in [1.54, 1.807) is 74.5 Å². The number of nitrogens with zero attached hydrogens (tertiary/aromatic N) is 2. The number of carbonyl (C=O) groups is 2. The van der Waals surface area contributed by atoms with Gasteiger partial charge in [0.1, 0.15) is 12.6 Å². The molecule has 0 aromatic heterocycles. The molecule has 1 atom stereocenters. The number of hydrogen-bond acceptors (Lipinski definition) is 4. The highest BCUT2D eigenvalue weighted by Crippen LogP contribution is 2.27. The topological polar surface area (TPSA) is 86.8 Å². The number of sulfonamides is 1. The molecule has 0 bridgehead atoms. The second-order valence-electron chi connectivity index (χ2n) is 8.27. The molecule has 10 heteroatoms. The van der Waals surface area contributed by atoms with E-state index >= 15 is 0 Å². The van der Waals surface area contributed by atoms with Gasteiger partial charge in [-0.15, -0.1) is 0 Å². The van der Waals surface area contributed by atoms with E-state index in [1.165, 1.54) is 23.1 Å². The van der Waals surface area contributed by atoms with Gasteiger partial charge in [-0.2, -0.15) is 0 Å². The number of anilines is 1. The first-order valence-electron chi connectivity index (χ1n) is 11.8. The fourth-order valence-electron chi connectivity index (χ4n) is 3.88. The Bertz CT molecular complexity index is 1320. The van der Waals surface area contributed by atoms with E-state index in [-0.39, 0.29) is 23.0 Å². The number of hydrogen-bond donors (Lipinski definition) is 1. The maximum Gasteiger partial charge on any atom is 0.264 e. The van der Waals surface area contributed by atoms with Gasteiger partial charge in [0.05, 0.1) is 10.6 Å². The molecule has 196 valence electrons. The number of halogens is 2. The largest absolute Gasteiger partial charge is 0.355 e. The van der Waals surface area contributed by atoms with Gasteiger partial charge >= 0.3 is 0 Å². The van der Waals surface area contributed by atoms with Crippen molar-refractivity contribution in [2.75, 3.05) is 17.4 Å². The first kappa shape index (κ1) is 28.5. The van der Waals surface area contributed by atoms with Gasteiger partial charge in [0.2, 0.25) is 11.8 Å². The quantitative estimate of drug-likeness (QED) is 0.351. The van der Waals surface area contributed by atoms with Crippen LogP contribution in [0.2, 0.25) is 10.0 Å². The third kappa shape index (κ3) is 7.25. The lowest BCUT2D eigenvalue weighted by atomic mass is 10.1. The van der Waals surface area contributed by atoms with Crippen LogP contribution in [0.25, 0.3) is 0 Å². The molecular formula is C27H29Cl2N3O4S. The minimum Gasteiger partial charge on any atom is -0.355 e. The lowest BCUT2D eigenvalue weighted by Gasteiger charge is -2.33. The van der Waals surface area contributed by atoms with E-state index < -0.39 is 28.5 Å². The molecule has 0 aliphatic rings. The molecule has 3 aromatic carbocycles. The summed E-state index contributed by atoms with van der Waals surface area (Å²) in [5, 5.41) is 3.64. The zero-order valence-corrected chi connectivity index (χ0v) is 22.9. The Morgan fingerprint density at radius 3 is 2.16 bits per heavy atom. The Balaban J connectivity index is 2.04. The van der Waals surface area contributed by atoms with Crippen LogP contribution in [0, 0.1) is 0 Å². The van der Waals surface area contributed by atoms with Crippen molar-refractivity contribution in [3.05, 3.63) is 94.5 Å². The predicted octanol–water partition coefficient (Wildman–Crippen LogP) is 5.13. The number of amides is 2. The van der Waals surface area contributed by atoms with Gasteiger partial charge in [0, 0.05) is 23.1 Å². The summed E-state index contributed by atoms with van der Waals surface area (Å²) in [6, 6.07) is 20.3. The molecule has 3 aromatic rings. The Kier molecular flexibility index (Phi) is 9.97. The van der Waals surface area contributed by atoms with Gasteiger partial charge in [-0.3, -0.25) is 13.9 Å². The lowest BCUT2D eigenvalue weighted by molar-refractivity contribution is -0.140. The van der Waals surface area contributed by atoms with Gasteiger partial charge in [-0.25, -0.2) is 8.42 Å². The highest BCUT2D eigenvalue weighted by Gasteiger charge is 2.33. The average Bonchev–Trinajstić information content (AvgIpc) is 2.88. The molecule has 0 radical (unpaired) electrons. The summed E-state index contributed by atoms with van der Waals surface area (Å²) in [5.74, 6) is -0.847. The molecule has 3 rings (SSSR count). The molecule has 0 fully saturated rings. The van der Waals surface area contributed by atoms with Crippen LogP contribution in [0.5, 0.6) is 0 Å².